The minimum atomic E-state index is -0.184. The third-order valence-electron chi connectivity index (χ3n) is 3.19. The molecule has 0 fully saturated rings. The van der Waals surface area contributed by atoms with Gasteiger partial charge in [0.15, 0.2) is 0 Å². The van der Waals surface area contributed by atoms with Crippen molar-refractivity contribution in [3.8, 4) is 0 Å². The molecule has 0 saturated carbocycles. The van der Waals surface area contributed by atoms with Gasteiger partial charge in [-0.15, -0.1) is 11.3 Å². The van der Waals surface area contributed by atoms with Gasteiger partial charge in [-0.3, -0.25) is 4.98 Å². The van der Waals surface area contributed by atoms with Gasteiger partial charge in [-0.05, 0) is 41.6 Å². The average molecular weight is 289 g/mol. The fourth-order valence-corrected chi connectivity index (χ4v) is 3.44. The fraction of sp³-hybridized carbons (Fsp3) is 0.133. The Bertz CT molecular complexity index is 736. The molecule has 19 heavy (non-hydrogen) atoms. The first-order chi connectivity index (χ1) is 9.16. The quantitative estimate of drug-likeness (QED) is 0.763. The first-order valence-electron chi connectivity index (χ1n) is 6.00. The second-order valence-electron chi connectivity index (χ2n) is 4.53. The molecule has 0 aliphatic carbocycles. The number of nitrogens with zero attached hydrogens (tertiary/aromatic N) is 1. The molecule has 3 rings (SSSR count). The molecule has 1 unspecified atom stereocenters. The summed E-state index contributed by atoms with van der Waals surface area (Å²) in [6, 6.07) is 9.89. The van der Waals surface area contributed by atoms with Crippen molar-refractivity contribution in [1.82, 2.24) is 4.98 Å². The van der Waals surface area contributed by atoms with E-state index >= 15 is 0 Å². The van der Waals surface area contributed by atoms with Crippen molar-refractivity contribution in [2.45, 2.75) is 13.0 Å². The van der Waals surface area contributed by atoms with Crippen LogP contribution in [0.2, 0.25) is 5.02 Å². The smallest absolute Gasteiger partial charge is 0.0702 e. The second kappa shape index (κ2) is 4.93. The number of halogens is 1. The summed E-state index contributed by atoms with van der Waals surface area (Å²) in [5, 5.41) is 3.92. The standard InChI is InChI=1S/C15H13ClN2S/c1-9-8-19-15(13(9)16)14(17)11-4-5-12-10(7-11)3-2-6-18-12/h2-8,14H,17H2,1H3. The van der Waals surface area contributed by atoms with E-state index in [0.717, 1.165) is 31.9 Å². The Balaban J connectivity index is 2.06. The minimum Gasteiger partial charge on any atom is -0.320 e. The maximum Gasteiger partial charge on any atom is 0.0702 e. The highest BCUT2D eigenvalue weighted by atomic mass is 35.5. The molecule has 3 aromatic rings. The molecule has 0 bridgehead atoms. The fourth-order valence-electron chi connectivity index (χ4n) is 2.10. The Kier molecular flexibility index (Phi) is 3.27. The summed E-state index contributed by atoms with van der Waals surface area (Å²) in [7, 11) is 0. The van der Waals surface area contributed by atoms with Gasteiger partial charge >= 0.3 is 0 Å². The van der Waals surface area contributed by atoms with E-state index in [1.165, 1.54) is 0 Å². The maximum absolute atomic E-state index is 6.33. The molecule has 4 heteroatoms. The van der Waals surface area contributed by atoms with Gasteiger partial charge in [0.1, 0.15) is 0 Å². The molecule has 0 aliphatic heterocycles. The van der Waals surface area contributed by atoms with Gasteiger partial charge in [-0.25, -0.2) is 0 Å². The molecule has 2 N–H and O–H groups in total. The number of hydrogen-bond donors (Lipinski definition) is 1. The number of hydrogen-bond acceptors (Lipinski definition) is 3. The number of benzene rings is 1. The van der Waals surface area contributed by atoms with Crippen molar-refractivity contribution in [2.75, 3.05) is 0 Å². The highest BCUT2D eigenvalue weighted by Gasteiger charge is 2.16. The van der Waals surface area contributed by atoms with Crippen molar-refractivity contribution in [1.29, 1.82) is 0 Å². The number of nitrogens with two attached hydrogens (primary N) is 1. The predicted octanol–water partition coefficient (Wildman–Crippen LogP) is 4.31. The van der Waals surface area contributed by atoms with Crippen LogP contribution in [0.1, 0.15) is 22.0 Å². The SMILES string of the molecule is Cc1csc(C(N)c2ccc3ncccc3c2)c1Cl. The van der Waals surface area contributed by atoms with Crippen LogP contribution < -0.4 is 5.73 Å². The zero-order chi connectivity index (χ0) is 13.4. The van der Waals surface area contributed by atoms with E-state index in [4.69, 9.17) is 17.3 Å². The summed E-state index contributed by atoms with van der Waals surface area (Å²) < 4.78 is 0. The third kappa shape index (κ3) is 2.25. The molecule has 0 saturated heterocycles. The normalized spacial score (nSPS) is 12.8. The summed E-state index contributed by atoms with van der Waals surface area (Å²) in [6.07, 6.45) is 1.79. The van der Waals surface area contributed by atoms with Crippen molar-refractivity contribution in [3.05, 3.63) is 62.9 Å². The summed E-state index contributed by atoms with van der Waals surface area (Å²) >= 11 is 7.90. The Labute approximate surface area is 120 Å². The van der Waals surface area contributed by atoms with Crippen molar-refractivity contribution >= 4 is 33.8 Å². The Morgan fingerprint density at radius 2 is 2.16 bits per heavy atom. The number of thiophene rings is 1. The van der Waals surface area contributed by atoms with Gasteiger partial charge in [0.25, 0.3) is 0 Å². The number of aromatic nitrogens is 1. The van der Waals surface area contributed by atoms with E-state index < -0.39 is 0 Å². The van der Waals surface area contributed by atoms with E-state index in [1.54, 1.807) is 17.5 Å². The summed E-state index contributed by atoms with van der Waals surface area (Å²) in [5.74, 6) is 0. The maximum atomic E-state index is 6.33. The molecule has 1 aromatic carbocycles. The number of fused-ring (bicyclic) bond motifs is 1. The lowest BCUT2D eigenvalue weighted by atomic mass is 10.0. The Morgan fingerprint density at radius 1 is 1.32 bits per heavy atom. The van der Waals surface area contributed by atoms with Gasteiger partial charge in [0, 0.05) is 16.5 Å². The largest absolute Gasteiger partial charge is 0.320 e. The van der Waals surface area contributed by atoms with Gasteiger partial charge in [0.2, 0.25) is 0 Å². The molecule has 2 aromatic heterocycles. The topological polar surface area (TPSA) is 38.9 Å². The molecule has 2 nitrogen and oxygen atoms in total. The van der Waals surface area contributed by atoms with Gasteiger partial charge in [-0.2, -0.15) is 0 Å². The van der Waals surface area contributed by atoms with E-state index in [0.29, 0.717) is 0 Å². The molecule has 0 aliphatic rings. The van der Waals surface area contributed by atoms with Crippen LogP contribution in [0.5, 0.6) is 0 Å². The molecule has 96 valence electrons. The van der Waals surface area contributed by atoms with E-state index in [-0.39, 0.29) is 6.04 Å². The first-order valence-corrected chi connectivity index (χ1v) is 7.26. The number of rotatable bonds is 2. The van der Waals surface area contributed by atoms with Crippen LogP contribution in [0.3, 0.4) is 0 Å². The number of pyridine rings is 1. The lowest BCUT2D eigenvalue weighted by molar-refractivity contribution is 0.895. The molecular formula is C15H13ClN2S. The molecular weight excluding hydrogens is 276 g/mol. The summed E-state index contributed by atoms with van der Waals surface area (Å²) in [6.45, 7) is 2.00. The Hall–Kier alpha value is -1.42. The third-order valence-corrected chi connectivity index (χ3v) is 4.99. The van der Waals surface area contributed by atoms with Gasteiger partial charge in [0.05, 0.1) is 16.6 Å². The minimum absolute atomic E-state index is 0.184. The zero-order valence-electron chi connectivity index (χ0n) is 10.4. The average Bonchev–Trinajstić information content (AvgIpc) is 2.78. The molecule has 0 spiro atoms. The van der Waals surface area contributed by atoms with Crippen LogP contribution in [-0.4, -0.2) is 4.98 Å². The van der Waals surface area contributed by atoms with Crippen LogP contribution in [0.25, 0.3) is 10.9 Å². The van der Waals surface area contributed by atoms with Gasteiger partial charge in [-0.1, -0.05) is 23.7 Å². The van der Waals surface area contributed by atoms with Crippen LogP contribution in [0.4, 0.5) is 0 Å². The van der Waals surface area contributed by atoms with Crippen LogP contribution in [0, 0.1) is 6.92 Å². The second-order valence-corrected chi connectivity index (χ2v) is 5.82. The number of aryl methyl sites for hydroxylation is 1. The van der Waals surface area contributed by atoms with E-state index in [2.05, 4.69) is 11.1 Å². The van der Waals surface area contributed by atoms with Crippen LogP contribution in [-0.2, 0) is 0 Å². The lowest BCUT2D eigenvalue weighted by Gasteiger charge is -2.12. The van der Waals surface area contributed by atoms with Crippen molar-refractivity contribution in [2.24, 2.45) is 5.73 Å². The first kappa shape index (κ1) is 12.6. The molecule has 2 heterocycles. The van der Waals surface area contributed by atoms with Crippen LogP contribution >= 0.6 is 22.9 Å². The highest BCUT2D eigenvalue weighted by molar-refractivity contribution is 7.10. The monoisotopic (exact) mass is 288 g/mol. The highest BCUT2D eigenvalue weighted by Crippen LogP contribution is 2.34. The molecule has 0 radical (unpaired) electrons. The predicted molar refractivity (Wildman–Crippen MR) is 81.8 cm³/mol. The molecule has 1 atom stereocenters. The zero-order valence-corrected chi connectivity index (χ0v) is 12.0. The van der Waals surface area contributed by atoms with Crippen molar-refractivity contribution < 1.29 is 0 Å². The van der Waals surface area contributed by atoms with Crippen LogP contribution in [0.15, 0.2) is 41.9 Å². The lowest BCUT2D eigenvalue weighted by Crippen LogP contribution is -2.10. The Morgan fingerprint density at radius 3 is 2.89 bits per heavy atom. The molecule has 0 amide bonds. The van der Waals surface area contributed by atoms with E-state index in [1.807, 2.05) is 36.6 Å². The van der Waals surface area contributed by atoms with E-state index in [9.17, 15) is 0 Å². The van der Waals surface area contributed by atoms with Gasteiger partial charge < -0.3 is 5.73 Å². The van der Waals surface area contributed by atoms with Crippen molar-refractivity contribution in [3.63, 3.8) is 0 Å². The summed E-state index contributed by atoms with van der Waals surface area (Å²) in [4.78, 5) is 5.33. The summed E-state index contributed by atoms with van der Waals surface area (Å²) in [5.41, 5.74) is 9.45.